The van der Waals surface area contributed by atoms with Crippen LogP contribution in [0.2, 0.25) is 0 Å². The topological polar surface area (TPSA) is 0 Å². The van der Waals surface area contributed by atoms with Crippen LogP contribution in [0.3, 0.4) is 0 Å². The Morgan fingerprint density at radius 2 is 1.89 bits per heavy atom. The SMILES string of the molecule is Br[CH]c1ccccc1Br. The Hall–Kier alpha value is 0.180. The first-order valence-electron chi connectivity index (χ1n) is 2.52. The van der Waals surface area contributed by atoms with E-state index in [1.165, 1.54) is 0 Å². The Labute approximate surface area is 71.5 Å². The van der Waals surface area contributed by atoms with Crippen LogP contribution in [0, 0.1) is 5.33 Å². The van der Waals surface area contributed by atoms with Crippen LogP contribution in [-0.2, 0) is 0 Å². The van der Waals surface area contributed by atoms with Crippen LogP contribution < -0.4 is 0 Å². The molecule has 0 N–H and O–H groups in total. The van der Waals surface area contributed by atoms with Gasteiger partial charge in [0, 0.05) is 4.47 Å². The van der Waals surface area contributed by atoms with Crippen LogP contribution in [-0.4, -0.2) is 0 Å². The monoisotopic (exact) mass is 247 g/mol. The molecule has 0 saturated carbocycles. The number of rotatable bonds is 1. The van der Waals surface area contributed by atoms with Gasteiger partial charge in [-0.3, -0.25) is 0 Å². The summed E-state index contributed by atoms with van der Waals surface area (Å²) in [4.78, 5) is 0. The summed E-state index contributed by atoms with van der Waals surface area (Å²) in [5.41, 5.74) is 1.16. The zero-order valence-corrected chi connectivity index (χ0v) is 7.81. The second kappa shape index (κ2) is 3.37. The van der Waals surface area contributed by atoms with Gasteiger partial charge < -0.3 is 0 Å². The lowest BCUT2D eigenvalue weighted by atomic mass is 10.2. The molecule has 1 rings (SSSR count). The second-order valence-electron chi connectivity index (χ2n) is 1.63. The van der Waals surface area contributed by atoms with Gasteiger partial charge in [0.05, 0.1) is 5.33 Å². The molecule has 0 aliphatic heterocycles. The number of hydrogen-bond acceptors (Lipinski definition) is 0. The molecule has 0 aliphatic rings. The van der Waals surface area contributed by atoms with Crippen LogP contribution in [0.4, 0.5) is 0 Å². The Kier molecular flexibility index (Phi) is 2.73. The maximum atomic E-state index is 3.40. The van der Waals surface area contributed by atoms with Crippen LogP contribution in [0.5, 0.6) is 0 Å². The van der Waals surface area contributed by atoms with Gasteiger partial charge in [-0.25, -0.2) is 0 Å². The molecule has 0 heterocycles. The summed E-state index contributed by atoms with van der Waals surface area (Å²) >= 11 is 6.65. The van der Waals surface area contributed by atoms with Gasteiger partial charge in [0.15, 0.2) is 0 Å². The third kappa shape index (κ3) is 1.80. The summed E-state index contributed by atoms with van der Waals surface area (Å²) in [6.07, 6.45) is 0. The summed E-state index contributed by atoms with van der Waals surface area (Å²) in [6, 6.07) is 8.02. The predicted molar refractivity (Wildman–Crippen MR) is 46.5 cm³/mol. The fraction of sp³-hybridized carbons (Fsp3) is 0. The second-order valence-corrected chi connectivity index (χ2v) is 2.94. The van der Waals surface area contributed by atoms with Gasteiger partial charge in [0.1, 0.15) is 0 Å². The molecule has 2 heteroatoms. The lowest BCUT2D eigenvalue weighted by Gasteiger charge is -1.95. The maximum Gasteiger partial charge on any atom is 0.0572 e. The molecule has 0 spiro atoms. The van der Waals surface area contributed by atoms with Crippen molar-refractivity contribution < 1.29 is 0 Å². The summed E-state index contributed by atoms with van der Waals surface area (Å²) < 4.78 is 1.11. The smallest absolute Gasteiger partial charge is 0.0572 e. The summed E-state index contributed by atoms with van der Waals surface area (Å²) in [5.74, 6) is 0. The summed E-state index contributed by atoms with van der Waals surface area (Å²) in [6.45, 7) is 0. The molecule has 0 nitrogen and oxygen atoms in total. The van der Waals surface area contributed by atoms with Crippen molar-refractivity contribution in [1.29, 1.82) is 0 Å². The van der Waals surface area contributed by atoms with E-state index in [-0.39, 0.29) is 0 Å². The van der Waals surface area contributed by atoms with E-state index in [0.717, 1.165) is 10.0 Å². The molecular weight excluding hydrogens is 244 g/mol. The number of halogens is 2. The predicted octanol–water partition coefficient (Wildman–Crippen LogP) is 3.35. The van der Waals surface area contributed by atoms with Crippen molar-refractivity contribution in [2.45, 2.75) is 0 Å². The van der Waals surface area contributed by atoms with Crippen molar-refractivity contribution in [3.63, 3.8) is 0 Å². The van der Waals surface area contributed by atoms with Gasteiger partial charge in [-0.2, -0.15) is 0 Å². The molecule has 47 valence electrons. The lowest BCUT2D eigenvalue weighted by molar-refractivity contribution is 1.55. The van der Waals surface area contributed by atoms with E-state index in [1.807, 2.05) is 29.6 Å². The first-order valence-corrected chi connectivity index (χ1v) is 4.23. The highest BCUT2D eigenvalue weighted by molar-refractivity contribution is 9.11. The average molecular weight is 249 g/mol. The molecular formula is C7H5Br2. The first-order chi connectivity index (χ1) is 4.34. The van der Waals surface area contributed by atoms with E-state index < -0.39 is 0 Å². The standard InChI is InChI=1S/C7H5Br2/c8-5-6-3-1-2-4-7(6)9/h1-5H. The normalized spacial score (nSPS) is 9.56. The minimum atomic E-state index is 1.11. The van der Waals surface area contributed by atoms with Crippen LogP contribution in [0.15, 0.2) is 28.7 Å². The highest BCUT2D eigenvalue weighted by Gasteiger charge is 1.92. The molecule has 0 unspecified atom stereocenters. The maximum absolute atomic E-state index is 3.40. The Balaban J connectivity index is 3.01. The van der Waals surface area contributed by atoms with E-state index in [4.69, 9.17) is 0 Å². The van der Waals surface area contributed by atoms with Crippen molar-refractivity contribution in [3.8, 4) is 0 Å². The Bertz CT molecular complexity index is 196. The van der Waals surface area contributed by atoms with Gasteiger partial charge in [-0.05, 0) is 11.6 Å². The van der Waals surface area contributed by atoms with E-state index in [9.17, 15) is 0 Å². The van der Waals surface area contributed by atoms with E-state index in [2.05, 4.69) is 31.9 Å². The molecule has 0 aliphatic carbocycles. The lowest BCUT2D eigenvalue weighted by Crippen LogP contribution is -1.73. The quantitative estimate of drug-likeness (QED) is 0.715. The van der Waals surface area contributed by atoms with Crippen molar-refractivity contribution in [2.75, 3.05) is 0 Å². The third-order valence-electron chi connectivity index (χ3n) is 1.02. The van der Waals surface area contributed by atoms with Crippen LogP contribution >= 0.6 is 31.9 Å². The Morgan fingerprint density at radius 1 is 1.22 bits per heavy atom. The number of hydrogen-bond donors (Lipinski definition) is 0. The summed E-state index contributed by atoms with van der Waals surface area (Å²) in [7, 11) is 0. The third-order valence-corrected chi connectivity index (χ3v) is 2.24. The molecule has 0 bridgehead atoms. The fourth-order valence-electron chi connectivity index (χ4n) is 0.564. The van der Waals surface area contributed by atoms with E-state index >= 15 is 0 Å². The van der Waals surface area contributed by atoms with Gasteiger partial charge in [-0.15, -0.1) is 0 Å². The minimum absolute atomic E-state index is 1.11. The molecule has 1 aromatic rings. The van der Waals surface area contributed by atoms with Crippen molar-refractivity contribution in [1.82, 2.24) is 0 Å². The zero-order chi connectivity index (χ0) is 6.69. The van der Waals surface area contributed by atoms with Crippen molar-refractivity contribution in [2.24, 2.45) is 0 Å². The molecule has 0 amide bonds. The molecule has 1 radical (unpaired) electrons. The van der Waals surface area contributed by atoms with E-state index in [1.54, 1.807) is 0 Å². The number of benzene rings is 1. The van der Waals surface area contributed by atoms with Gasteiger partial charge in [0.25, 0.3) is 0 Å². The molecule has 0 saturated heterocycles. The van der Waals surface area contributed by atoms with Crippen LogP contribution in [0.1, 0.15) is 5.56 Å². The highest BCUT2D eigenvalue weighted by atomic mass is 79.9. The van der Waals surface area contributed by atoms with Crippen molar-refractivity contribution >= 4 is 31.9 Å². The highest BCUT2D eigenvalue weighted by Crippen LogP contribution is 2.19. The van der Waals surface area contributed by atoms with Gasteiger partial charge in [-0.1, -0.05) is 50.1 Å². The van der Waals surface area contributed by atoms with Gasteiger partial charge in [0.2, 0.25) is 0 Å². The van der Waals surface area contributed by atoms with Crippen molar-refractivity contribution in [3.05, 3.63) is 39.6 Å². The largest absolute Gasteiger partial charge is 0.0822 e. The summed E-state index contributed by atoms with van der Waals surface area (Å²) in [5, 5.41) is 1.89. The molecule has 0 aromatic heterocycles. The van der Waals surface area contributed by atoms with Gasteiger partial charge >= 0.3 is 0 Å². The molecule has 1 aromatic carbocycles. The fourth-order valence-corrected chi connectivity index (χ4v) is 1.67. The minimum Gasteiger partial charge on any atom is -0.0822 e. The van der Waals surface area contributed by atoms with Crippen LogP contribution in [0.25, 0.3) is 0 Å². The average Bonchev–Trinajstić information content (AvgIpc) is 1.89. The zero-order valence-electron chi connectivity index (χ0n) is 4.64. The van der Waals surface area contributed by atoms with E-state index in [0.29, 0.717) is 0 Å². The molecule has 9 heavy (non-hydrogen) atoms. The Morgan fingerprint density at radius 3 is 2.33 bits per heavy atom. The molecule has 0 fully saturated rings. The molecule has 0 atom stereocenters. The first kappa shape index (κ1) is 7.29.